The summed E-state index contributed by atoms with van der Waals surface area (Å²) < 4.78 is 12.3. The van der Waals surface area contributed by atoms with Gasteiger partial charge in [0.15, 0.2) is 5.78 Å². The second-order valence-electron chi connectivity index (χ2n) is 3.08. The molecule has 2 rings (SSSR count). The second-order valence-corrected chi connectivity index (χ2v) is 3.08. The normalized spacial score (nSPS) is 21.1. The number of ketones is 1. The molecule has 1 aliphatic carbocycles. The predicted octanol–water partition coefficient (Wildman–Crippen LogP) is 2.01. The minimum Gasteiger partial charge on any atom is -0.294 e. The number of rotatable bonds is 1. The van der Waals surface area contributed by atoms with Crippen LogP contribution < -0.4 is 0 Å². The molecule has 0 aromatic heterocycles. The highest BCUT2D eigenvalue weighted by atomic mass is 19.1. The van der Waals surface area contributed by atoms with Gasteiger partial charge in [0.05, 0.1) is 12.6 Å². The van der Waals surface area contributed by atoms with Gasteiger partial charge >= 0.3 is 0 Å². The molecule has 0 spiro atoms. The van der Waals surface area contributed by atoms with Crippen LogP contribution in [0.4, 0.5) is 4.39 Å². The van der Waals surface area contributed by atoms with Crippen LogP contribution in [0.5, 0.6) is 0 Å². The third-order valence-corrected chi connectivity index (χ3v) is 2.31. The molecule has 1 aromatic rings. The predicted molar refractivity (Wildman–Crippen MR) is 43.9 cm³/mol. The summed E-state index contributed by atoms with van der Waals surface area (Å²) in [6.07, 6.45) is 0.575. The van der Waals surface area contributed by atoms with Crippen molar-refractivity contribution in [3.8, 4) is 0 Å². The minimum atomic E-state index is -0.534. The van der Waals surface area contributed by atoms with Crippen LogP contribution in [0.1, 0.15) is 15.9 Å². The molecule has 0 saturated carbocycles. The lowest BCUT2D eigenvalue weighted by Gasteiger charge is -1.97. The van der Waals surface area contributed by atoms with Crippen LogP contribution in [0.3, 0.4) is 0 Å². The van der Waals surface area contributed by atoms with Gasteiger partial charge in [-0.1, -0.05) is 24.3 Å². The second kappa shape index (κ2) is 2.70. The average molecular weight is 164 g/mol. The first-order chi connectivity index (χ1) is 5.83. The van der Waals surface area contributed by atoms with Gasteiger partial charge in [-0.05, 0) is 12.0 Å². The van der Waals surface area contributed by atoms with E-state index in [0.29, 0.717) is 12.0 Å². The van der Waals surface area contributed by atoms with Crippen LogP contribution in [-0.2, 0) is 6.42 Å². The van der Waals surface area contributed by atoms with Crippen molar-refractivity contribution in [3.05, 3.63) is 35.4 Å². The van der Waals surface area contributed by atoms with Gasteiger partial charge in [-0.3, -0.25) is 9.18 Å². The number of carbonyl (C=O) groups excluding carboxylic acids is 1. The van der Waals surface area contributed by atoms with Crippen molar-refractivity contribution < 1.29 is 9.18 Å². The Morgan fingerprint density at radius 3 is 2.83 bits per heavy atom. The third-order valence-electron chi connectivity index (χ3n) is 2.31. The Morgan fingerprint density at radius 2 is 2.17 bits per heavy atom. The van der Waals surface area contributed by atoms with Crippen molar-refractivity contribution in [1.82, 2.24) is 0 Å². The number of halogens is 1. The van der Waals surface area contributed by atoms with Gasteiger partial charge in [0.2, 0.25) is 0 Å². The monoisotopic (exact) mass is 164 g/mol. The first-order valence-electron chi connectivity index (χ1n) is 4.01. The van der Waals surface area contributed by atoms with E-state index in [4.69, 9.17) is 0 Å². The zero-order valence-electron chi connectivity index (χ0n) is 6.59. The molecule has 1 nitrogen and oxygen atoms in total. The van der Waals surface area contributed by atoms with Crippen molar-refractivity contribution >= 4 is 5.78 Å². The van der Waals surface area contributed by atoms with E-state index in [1.54, 1.807) is 6.07 Å². The van der Waals surface area contributed by atoms with Gasteiger partial charge in [-0.15, -0.1) is 0 Å². The number of hydrogen-bond donors (Lipinski definition) is 0. The van der Waals surface area contributed by atoms with Crippen LogP contribution in [-0.4, -0.2) is 12.5 Å². The molecule has 0 saturated heterocycles. The van der Waals surface area contributed by atoms with Crippen LogP contribution in [0.15, 0.2) is 24.3 Å². The lowest BCUT2D eigenvalue weighted by atomic mass is 10.1. The van der Waals surface area contributed by atoms with Crippen molar-refractivity contribution in [3.63, 3.8) is 0 Å². The average Bonchev–Trinajstić information content (AvgIpc) is 2.44. The molecule has 1 atom stereocenters. The van der Waals surface area contributed by atoms with E-state index >= 15 is 0 Å². The maximum atomic E-state index is 12.3. The number of Topliss-reactive ketones (excluding diaryl/α,β-unsaturated/α-hetero) is 1. The van der Waals surface area contributed by atoms with Crippen molar-refractivity contribution in [2.75, 3.05) is 6.67 Å². The number of fused-ring (bicyclic) bond motifs is 1. The summed E-state index contributed by atoms with van der Waals surface area (Å²) in [5.74, 6) is -0.449. The Labute approximate surface area is 70.2 Å². The molecule has 12 heavy (non-hydrogen) atoms. The lowest BCUT2D eigenvalue weighted by Crippen LogP contribution is -2.10. The van der Waals surface area contributed by atoms with Gasteiger partial charge in [0.25, 0.3) is 0 Å². The van der Waals surface area contributed by atoms with E-state index in [2.05, 4.69) is 0 Å². The topological polar surface area (TPSA) is 17.1 Å². The van der Waals surface area contributed by atoms with E-state index in [1.807, 2.05) is 18.2 Å². The molecule has 0 fully saturated rings. The molecular weight excluding hydrogens is 155 g/mol. The van der Waals surface area contributed by atoms with Gasteiger partial charge in [0, 0.05) is 5.56 Å². The molecule has 62 valence electrons. The minimum absolute atomic E-state index is 0.0342. The fraction of sp³-hybridized carbons (Fsp3) is 0.300. The van der Waals surface area contributed by atoms with Crippen molar-refractivity contribution in [2.45, 2.75) is 6.42 Å². The zero-order chi connectivity index (χ0) is 8.55. The summed E-state index contributed by atoms with van der Waals surface area (Å²) in [5, 5.41) is 0. The summed E-state index contributed by atoms with van der Waals surface area (Å²) in [4.78, 5) is 11.4. The Kier molecular flexibility index (Phi) is 1.68. The van der Waals surface area contributed by atoms with Crippen LogP contribution in [0.25, 0.3) is 0 Å². The fourth-order valence-corrected chi connectivity index (χ4v) is 1.64. The van der Waals surface area contributed by atoms with Gasteiger partial charge in [-0.25, -0.2) is 0 Å². The third kappa shape index (κ3) is 0.951. The van der Waals surface area contributed by atoms with E-state index in [0.717, 1.165) is 5.56 Å². The molecule has 1 aliphatic rings. The van der Waals surface area contributed by atoms with E-state index in [9.17, 15) is 9.18 Å². The summed E-state index contributed by atoms with van der Waals surface area (Å²) in [6.45, 7) is -0.534. The van der Waals surface area contributed by atoms with Crippen LogP contribution in [0, 0.1) is 5.92 Å². The first kappa shape index (κ1) is 7.47. The van der Waals surface area contributed by atoms with Gasteiger partial charge in [-0.2, -0.15) is 0 Å². The molecule has 0 bridgehead atoms. The Balaban J connectivity index is 2.42. The molecule has 0 heterocycles. The van der Waals surface area contributed by atoms with Crippen LogP contribution in [0.2, 0.25) is 0 Å². The number of carbonyl (C=O) groups is 1. The van der Waals surface area contributed by atoms with Gasteiger partial charge in [0.1, 0.15) is 0 Å². The van der Waals surface area contributed by atoms with Crippen molar-refractivity contribution in [1.29, 1.82) is 0 Å². The molecule has 0 radical (unpaired) electrons. The largest absolute Gasteiger partial charge is 0.294 e. The quantitative estimate of drug-likeness (QED) is 0.620. The van der Waals surface area contributed by atoms with Crippen LogP contribution >= 0.6 is 0 Å². The molecule has 2 heteroatoms. The molecule has 0 N–H and O–H groups in total. The smallest absolute Gasteiger partial charge is 0.169 e. The zero-order valence-corrected chi connectivity index (χ0v) is 6.59. The van der Waals surface area contributed by atoms with E-state index < -0.39 is 12.6 Å². The number of benzene rings is 1. The first-order valence-corrected chi connectivity index (χ1v) is 4.01. The summed E-state index contributed by atoms with van der Waals surface area (Å²) in [6, 6.07) is 7.36. The summed E-state index contributed by atoms with van der Waals surface area (Å²) in [7, 11) is 0. The Hall–Kier alpha value is -1.18. The molecular formula is C10H9FO. The number of alkyl halides is 1. The van der Waals surface area contributed by atoms with Gasteiger partial charge < -0.3 is 0 Å². The molecule has 0 amide bonds. The Morgan fingerprint density at radius 1 is 1.42 bits per heavy atom. The molecule has 1 aromatic carbocycles. The molecule has 1 unspecified atom stereocenters. The highest BCUT2D eigenvalue weighted by Crippen LogP contribution is 2.26. The highest BCUT2D eigenvalue weighted by Gasteiger charge is 2.29. The summed E-state index contributed by atoms with van der Waals surface area (Å²) >= 11 is 0. The Bertz CT molecular complexity index is 319. The maximum Gasteiger partial charge on any atom is 0.169 e. The van der Waals surface area contributed by atoms with Crippen molar-refractivity contribution in [2.24, 2.45) is 5.92 Å². The molecule has 0 aliphatic heterocycles. The SMILES string of the molecule is O=C1c2ccccc2CC1CF. The van der Waals surface area contributed by atoms with E-state index in [1.165, 1.54) is 0 Å². The fourth-order valence-electron chi connectivity index (χ4n) is 1.64. The highest BCUT2D eigenvalue weighted by molar-refractivity contribution is 6.02. The number of hydrogen-bond acceptors (Lipinski definition) is 1. The standard InChI is InChI=1S/C10H9FO/c11-6-8-5-7-3-1-2-4-9(7)10(8)12/h1-4,8H,5-6H2. The summed E-state index contributed by atoms with van der Waals surface area (Å²) in [5.41, 5.74) is 1.70. The van der Waals surface area contributed by atoms with E-state index in [-0.39, 0.29) is 5.78 Å². The lowest BCUT2D eigenvalue weighted by molar-refractivity contribution is 0.0919. The maximum absolute atomic E-state index is 12.3.